The smallest absolute Gasteiger partial charge is 0.308 e. The third-order valence-corrected chi connectivity index (χ3v) is 3.08. The SMILES string of the molecule is CC(=O)C[C@]12OC[C@H](CO)[C@H]1CC(=O)O2. The maximum absolute atomic E-state index is 11.2. The maximum Gasteiger partial charge on any atom is 0.308 e. The van der Waals surface area contributed by atoms with Gasteiger partial charge in [0.05, 0.1) is 19.4 Å². The Bertz CT molecular complexity index is 300. The predicted molar refractivity (Wildman–Crippen MR) is 48.8 cm³/mol. The summed E-state index contributed by atoms with van der Waals surface area (Å²) in [4.78, 5) is 22.3. The highest BCUT2D eigenvalue weighted by Gasteiger charge is 2.58. The van der Waals surface area contributed by atoms with Crippen LogP contribution < -0.4 is 0 Å². The predicted octanol–water partition coefficient (Wildman–Crippen LogP) is -0.136. The first kappa shape index (κ1) is 10.6. The maximum atomic E-state index is 11.2. The number of aliphatic hydroxyl groups excluding tert-OH is 1. The van der Waals surface area contributed by atoms with Crippen LogP contribution in [-0.2, 0) is 19.1 Å². The first-order chi connectivity index (χ1) is 7.07. The summed E-state index contributed by atoms with van der Waals surface area (Å²) < 4.78 is 10.5. The van der Waals surface area contributed by atoms with E-state index in [2.05, 4.69) is 0 Å². The second-order valence-corrected chi connectivity index (χ2v) is 4.23. The van der Waals surface area contributed by atoms with Crippen LogP contribution in [0.15, 0.2) is 0 Å². The molecule has 1 N–H and O–H groups in total. The first-order valence-electron chi connectivity index (χ1n) is 5.03. The Hall–Kier alpha value is -0.940. The quantitative estimate of drug-likeness (QED) is 0.662. The van der Waals surface area contributed by atoms with Gasteiger partial charge in [-0.05, 0) is 6.92 Å². The van der Waals surface area contributed by atoms with E-state index in [0.29, 0.717) is 6.61 Å². The van der Waals surface area contributed by atoms with Crippen LogP contribution in [0.2, 0.25) is 0 Å². The van der Waals surface area contributed by atoms with E-state index in [9.17, 15) is 9.59 Å². The summed E-state index contributed by atoms with van der Waals surface area (Å²) in [5, 5.41) is 9.12. The zero-order valence-electron chi connectivity index (χ0n) is 8.56. The fourth-order valence-electron chi connectivity index (χ4n) is 2.42. The molecule has 0 aromatic carbocycles. The number of Topliss-reactive ketones (excluding diaryl/α,β-unsaturated/α-hetero) is 1. The van der Waals surface area contributed by atoms with E-state index in [1.165, 1.54) is 6.92 Å². The molecule has 2 aliphatic rings. The van der Waals surface area contributed by atoms with Gasteiger partial charge in [-0.15, -0.1) is 0 Å². The Morgan fingerprint density at radius 2 is 2.40 bits per heavy atom. The van der Waals surface area contributed by atoms with E-state index in [1.807, 2.05) is 0 Å². The van der Waals surface area contributed by atoms with Crippen LogP contribution in [0, 0.1) is 11.8 Å². The number of rotatable bonds is 3. The number of ketones is 1. The molecule has 2 aliphatic heterocycles. The summed E-state index contributed by atoms with van der Waals surface area (Å²) >= 11 is 0. The minimum absolute atomic E-state index is 0.0407. The molecule has 0 amide bonds. The van der Waals surface area contributed by atoms with E-state index in [4.69, 9.17) is 14.6 Å². The largest absolute Gasteiger partial charge is 0.432 e. The molecule has 0 spiro atoms. The molecule has 0 bridgehead atoms. The Morgan fingerprint density at radius 3 is 3.00 bits per heavy atom. The van der Waals surface area contributed by atoms with Gasteiger partial charge < -0.3 is 14.6 Å². The fraction of sp³-hybridized carbons (Fsp3) is 0.800. The van der Waals surface area contributed by atoms with Crippen molar-refractivity contribution in [2.75, 3.05) is 13.2 Å². The van der Waals surface area contributed by atoms with Crippen LogP contribution in [0.5, 0.6) is 0 Å². The average molecular weight is 214 g/mol. The van der Waals surface area contributed by atoms with Crippen LogP contribution in [0.3, 0.4) is 0 Å². The number of carbonyl (C=O) groups excluding carboxylic acids is 2. The molecule has 2 heterocycles. The van der Waals surface area contributed by atoms with Crippen molar-refractivity contribution < 1.29 is 24.2 Å². The Labute approximate surface area is 87.4 Å². The molecule has 0 aliphatic carbocycles. The lowest BCUT2D eigenvalue weighted by Gasteiger charge is -2.25. The van der Waals surface area contributed by atoms with E-state index in [-0.39, 0.29) is 43.0 Å². The van der Waals surface area contributed by atoms with Gasteiger partial charge in [0.2, 0.25) is 5.79 Å². The molecule has 15 heavy (non-hydrogen) atoms. The number of carbonyl (C=O) groups is 2. The minimum atomic E-state index is -1.09. The van der Waals surface area contributed by atoms with Crippen molar-refractivity contribution >= 4 is 11.8 Å². The summed E-state index contributed by atoms with van der Waals surface area (Å²) in [6, 6.07) is 0. The molecular weight excluding hydrogens is 200 g/mol. The molecule has 0 unspecified atom stereocenters. The van der Waals surface area contributed by atoms with Gasteiger partial charge in [0.25, 0.3) is 0 Å². The monoisotopic (exact) mass is 214 g/mol. The van der Waals surface area contributed by atoms with Gasteiger partial charge >= 0.3 is 5.97 Å². The number of hydrogen-bond acceptors (Lipinski definition) is 5. The topological polar surface area (TPSA) is 72.8 Å². The molecule has 5 nitrogen and oxygen atoms in total. The summed E-state index contributed by atoms with van der Waals surface area (Å²) in [5.74, 6) is -1.79. The van der Waals surface area contributed by atoms with Gasteiger partial charge in [-0.1, -0.05) is 0 Å². The van der Waals surface area contributed by atoms with Crippen LogP contribution in [0.4, 0.5) is 0 Å². The van der Waals surface area contributed by atoms with Gasteiger partial charge in [0.15, 0.2) is 0 Å². The average Bonchev–Trinajstić information content (AvgIpc) is 2.57. The number of esters is 1. The molecule has 5 heteroatoms. The van der Waals surface area contributed by atoms with Crippen molar-refractivity contribution in [3.63, 3.8) is 0 Å². The Kier molecular flexibility index (Phi) is 2.52. The number of aliphatic hydroxyl groups is 1. The lowest BCUT2D eigenvalue weighted by atomic mass is 9.86. The van der Waals surface area contributed by atoms with Crippen LogP contribution >= 0.6 is 0 Å². The van der Waals surface area contributed by atoms with Crippen LogP contribution in [0.25, 0.3) is 0 Å². The Balaban J connectivity index is 2.21. The van der Waals surface area contributed by atoms with E-state index in [0.717, 1.165) is 0 Å². The van der Waals surface area contributed by atoms with E-state index < -0.39 is 5.79 Å². The normalized spacial score (nSPS) is 38.9. The summed E-state index contributed by atoms with van der Waals surface area (Å²) in [6.07, 6.45) is 0.318. The van der Waals surface area contributed by atoms with Gasteiger partial charge in [-0.3, -0.25) is 9.59 Å². The molecule has 0 aromatic rings. The fourth-order valence-corrected chi connectivity index (χ4v) is 2.42. The molecule has 84 valence electrons. The van der Waals surface area contributed by atoms with Crippen molar-refractivity contribution in [1.82, 2.24) is 0 Å². The highest BCUT2D eigenvalue weighted by atomic mass is 16.7. The Morgan fingerprint density at radius 1 is 1.67 bits per heavy atom. The van der Waals surface area contributed by atoms with Crippen molar-refractivity contribution in [2.24, 2.45) is 11.8 Å². The van der Waals surface area contributed by atoms with E-state index >= 15 is 0 Å². The third-order valence-electron chi connectivity index (χ3n) is 3.08. The molecule has 0 radical (unpaired) electrons. The lowest BCUT2D eigenvalue weighted by Crippen LogP contribution is -2.36. The number of ether oxygens (including phenoxy) is 2. The van der Waals surface area contributed by atoms with Gasteiger partial charge in [-0.2, -0.15) is 0 Å². The lowest BCUT2D eigenvalue weighted by molar-refractivity contribution is -0.204. The summed E-state index contributed by atoms with van der Waals surface area (Å²) in [5.41, 5.74) is 0. The molecule has 2 fully saturated rings. The molecule has 3 atom stereocenters. The molecule has 0 aromatic heterocycles. The second kappa shape index (κ2) is 3.57. The van der Waals surface area contributed by atoms with Crippen molar-refractivity contribution in [3.05, 3.63) is 0 Å². The molecular formula is C10H14O5. The first-order valence-corrected chi connectivity index (χ1v) is 5.03. The van der Waals surface area contributed by atoms with Gasteiger partial charge in [-0.25, -0.2) is 0 Å². The van der Waals surface area contributed by atoms with E-state index in [1.54, 1.807) is 0 Å². The zero-order chi connectivity index (χ0) is 11.1. The number of fused-ring (bicyclic) bond motifs is 1. The van der Waals surface area contributed by atoms with Crippen LogP contribution in [-0.4, -0.2) is 35.9 Å². The highest BCUT2D eigenvalue weighted by molar-refractivity contribution is 5.79. The number of hydrogen-bond donors (Lipinski definition) is 1. The minimum Gasteiger partial charge on any atom is -0.432 e. The standard InChI is InChI=1S/C10H14O5/c1-6(12)3-10-8(2-9(13)15-10)7(4-11)5-14-10/h7-8,11H,2-5H2,1H3/t7-,8+,10+/m0/s1. The van der Waals surface area contributed by atoms with Crippen molar-refractivity contribution in [1.29, 1.82) is 0 Å². The van der Waals surface area contributed by atoms with Gasteiger partial charge in [0.1, 0.15) is 5.78 Å². The molecule has 2 rings (SSSR count). The highest BCUT2D eigenvalue weighted by Crippen LogP contribution is 2.46. The molecule has 2 saturated heterocycles. The second-order valence-electron chi connectivity index (χ2n) is 4.23. The van der Waals surface area contributed by atoms with Gasteiger partial charge in [0, 0.05) is 18.4 Å². The zero-order valence-corrected chi connectivity index (χ0v) is 8.56. The third kappa shape index (κ3) is 1.66. The molecule has 0 saturated carbocycles. The van der Waals surface area contributed by atoms with Crippen molar-refractivity contribution in [2.45, 2.75) is 25.6 Å². The van der Waals surface area contributed by atoms with Crippen molar-refractivity contribution in [3.8, 4) is 0 Å². The summed E-state index contributed by atoms with van der Waals surface area (Å²) in [7, 11) is 0. The summed E-state index contributed by atoms with van der Waals surface area (Å²) in [6.45, 7) is 1.75. The van der Waals surface area contributed by atoms with Crippen LogP contribution in [0.1, 0.15) is 19.8 Å².